The molecule has 1 saturated carbocycles. The highest BCUT2D eigenvalue weighted by Gasteiger charge is 2.42. The molecule has 2 amide bonds. The van der Waals surface area contributed by atoms with Crippen molar-refractivity contribution in [2.75, 3.05) is 22.1 Å². The summed E-state index contributed by atoms with van der Waals surface area (Å²) in [6.07, 6.45) is 12.8. The largest absolute Gasteiger partial charge is 0.367 e. The molecule has 2 aromatic heterocycles. The Balaban J connectivity index is 1.32. The highest BCUT2D eigenvalue weighted by Crippen LogP contribution is 2.33. The van der Waals surface area contributed by atoms with Gasteiger partial charge in [0.15, 0.2) is 0 Å². The Morgan fingerprint density at radius 2 is 1.97 bits per heavy atom. The lowest BCUT2D eigenvalue weighted by atomic mass is 10.1. The molecule has 2 saturated heterocycles. The van der Waals surface area contributed by atoms with E-state index in [1.54, 1.807) is 11.8 Å². The molecular weight excluding hydrogens is 430 g/mol. The molecule has 3 aliphatic rings. The van der Waals surface area contributed by atoms with Crippen molar-refractivity contribution in [3.05, 3.63) is 30.0 Å². The zero-order valence-electron chi connectivity index (χ0n) is 19.9. The van der Waals surface area contributed by atoms with E-state index >= 15 is 0 Å². The Kier molecular flexibility index (Phi) is 6.26. The number of rotatable bonds is 6. The van der Waals surface area contributed by atoms with Crippen molar-refractivity contribution in [1.82, 2.24) is 19.9 Å². The molecule has 0 aromatic carbocycles. The van der Waals surface area contributed by atoms with Gasteiger partial charge in [0.25, 0.3) is 0 Å². The summed E-state index contributed by atoms with van der Waals surface area (Å²) in [5.41, 5.74) is 0.965. The third-order valence-corrected chi connectivity index (χ3v) is 7.16. The van der Waals surface area contributed by atoms with Gasteiger partial charge < -0.3 is 20.5 Å². The summed E-state index contributed by atoms with van der Waals surface area (Å²) in [6, 6.07) is 4.32. The second-order valence-electron chi connectivity index (χ2n) is 9.53. The minimum absolute atomic E-state index is 0.0161. The first-order valence-corrected chi connectivity index (χ1v) is 12.3. The number of anilines is 4. The number of nitrogens with one attached hydrogen (secondary N) is 3. The summed E-state index contributed by atoms with van der Waals surface area (Å²) in [6.45, 7) is 4.09. The van der Waals surface area contributed by atoms with Crippen LogP contribution in [0.5, 0.6) is 0 Å². The van der Waals surface area contributed by atoms with Crippen LogP contribution in [0, 0.1) is 0 Å². The molecule has 3 fully saturated rings. The van der Waals surface area contributed by atoms with Gasteiger partial charge in [0.05, 0.1) is 6.04 Å². The Hall–Kier alpha value is -3.36. The normalized spacial score (nSPS) is 23.1. The number of aromatic nitrogens is 3. The molecule has 1 aliphatic carbocycles. The van der Waals surface area contributed by atoms with Gasteiger partial charge in [-0.05, 0) is 44.7 Å². The summed E-state index contributed by atoms with van der Waals surface area (Å²) in [4.78, 5) is 41.3. The van der Waals surface area contributed by atoms with Gasteiger partial charge in [-0.1, -0.05) is 25.0 Å². The van der Waals surface area contributed by atoms with Gasteiger partial charge in [-0.3, -0.25) is 14.5 Å². The van der Waals surface area contributed by atoms with Crippen LogP contribution in [0.4, 0.5) is 23.4 Å². The molecule has 2 aliphatic heterocycles. The Labute approximate surface area is 200 Å². The van der Waals surface area contributed by atoms with E-state index in [1.807, 2.05) is 42.3 Å². The monoisotopic (exact) mass is 463 g/mol. The Morgan fingerprint density at radius 1 is 1.18 bits per heavy atom. The number of fused-ring (bicyclic) bond motifs is 2. The lowest BCUT2D eigenvalue weighted by Crippen LogP contribution is -2.42. The Morgan fingerprint density at radius 3 is 2.74 bits per heavy atom. The third-order valence-electron chi connectivity index (χ3n) is 7.16. The van der Waals surface area contributed by atoms with Crippen molar-refractivity contribution in [3.63, 3.8) is 0 Å². The summed E-state index contributed by atoms with van der Waals surface area (Å²) in [5.74, 6) is 2.85. The smallest absolute Gasteiger partial charge is 0.230 e. The van der Waals surface area contributed by atoms with Crippen molar-refractivity contribution in [3.8, 4) is 0 Å². The van der Waals surface area contributed by atoms with Crippen molar-refractivity contribution in [1.29, 1.82) is 0 Å². The summed E-state index contributed by atoms with van der Waals surface area (Å²) in [7, 11) is 0. The standard InChI is InChI=1S/C25H33N7O2/c1-3-6-17-14-26-25(30-24(17)27-18-7-4-5-8-18)29-21-11-12-22(28-21)31-15-20-10-9-19(13-23(31)34)32(20)16(2)33/h3,6,11-12,14,18-20,28H,4-5,7-10,13,15H2,1-2H3,(H2,26,27,29,30)/b6-3+. The SMILES string of the molecule is C/C=C/c1cnc(Nc2ccc(N3CC4CCC(CC3=O)N4C(C)=O)[nH]2)nc1NC1CCCC1. The average Bonchev–Trinajstić information content (AvgIpc) is 3.53. The molecule has 3 N–H and O–H groups in total. The number of aromatic amines is 1. The average molecular weight is 464 g/mol. The molecule has 0 spiro atoms. The highest BCUT2D eigenvalue weighted by atomic mass is 16.2. The fourth-order valence-electron chi connectivity index (χ4n) is 5.58. The number of allylic oxidation sites excluding steroid dienone is 1. The molecule has 0 radical (unpaired) electrons. The van der Waals surface area contributed by atoms with E-state index < -0.39 is 0 Å². The van der Waals surface area contributed by atoms with Crippen LogP contribution >= 0.6 is 0 Å². The minimum atomic E-state index is 0.0161. The van der Waals surface area contributed by atoms with Gasteiger partial charge >= 0.3 is 0 Å². The predicted octanol–water partition coefficient (Wildman–Crippen LogP) is 4.05. The summed E-state index contributed by atoms with van der Waals surface area (Å²) >= 11 is 0. The summed E-state index contributed by atoms with van der Waals surface area (Å²) < 4.78 is 0. The van der Waals surface area contributed by atoms with E-state index in [4.69, 9.17) is 4.98 Å². The van der Waals surface area contributed by atoms with Crippen LogP contribution in [0.25, 0.3) is 6.08 Å². The molecule has 9 heteroatoms. The zero-order valence-corrected chi connectivity index (χ0v) is 19.9. The molecule has 5 rings (SSSR count). The van der Waals surface area contributed by atoms with Gasteiger partial charge in [0.2, 0.25) is 17.8 Å². The van der Waals surface area contributed by atoms with Crippen LogP contribution in [0.1, 0.15) is 64.4 Å². The number of amides is 2. The number of nitrogens with zero attached hydrogens (tertiary/aromatic N) is 4. The maximum atomic E-state index is 13.0. The number of carbonyl (C=O) groups is 2. The lowest BCUT2D eigenvalue weighted by molar-refractivity contribution is -0.131. The fourth-order valence-corrected chi connectivity index (χ4v) is 5.58. The van der Waals surface area contributed by atoms with E-state index in [2.05, 4.69) is 20.6 Å². The molecule has 2 aromatic rings. The van der Waals surface area contributed by atoms with E-state index in [-0.39, 0.29) is 23.9 Å². The van der Waals surface area contributed by atoms with E-state index in [0.29, 0.717) is 30.8 Å². The summed E-state index contributed by atoms with van der Waals surface area (Å²) in [5, 5.41) is 6.83. The Bertz CT molecular complexity index is 1090. The van der Waals surface area contributed by atoms with Gasteiger partial charge in [-0.2, -0.15) is 4.98 Å². The predicted molar refractivity (Wildman–Crippen MR) is 133 cm³/mol. The lowest BCUT2D eigenvalue weighted by Gasteiger charge is -2.27. The molecule has 2 atom stereocenters. The van der Waals surface area contributed by atoms with E-state index in [1.165, 1.54) is 12.8 Å². The number of hydrogen-bond donors (Lipinski definition) is 3. The van der Waals surface area contributed by atoms with Crippen LogP contribution < -0.4 is 15.5 Å². The number of hydrogen-bond acceptors (Lipinski definition) is 6. The number of H-pyrrole nitrogens is 1. The molecule has 2 bridgehead atoms. The maximum absolute atomic E-state index is 13.0. The van der Waals surface area contributed by atoms with Crippen molar-refractivity contribution in [2.45, 2.75) is 76.9 Å². The molecular formula is C25H33N7O2. The highest BCUT2D eigenvalue weighted by molar-refractivity contribution is 5.94. The first-order chi connectivity index (χ1) is 16.5. The molecule has 180 valence electrons. The number of carbonyl (C=O) groups excluding carboxylic acids is 2. The molecule has 34 heavy (non-hydrogen) atoms. The van der Waals surface area contributed by atoms with Crippen LogP contribution in [-0.2, 0) is 9.59 Å². The molecule has 9 nitrogen and oxygen atoms in total. The second kappa shape index (κ2) is 9.48. The van der Waals surface area contributed by atoms with Gasteiger partial charge in [0, 0.05) is 43.7 Å². The van der Waals surface area contributed by atoms with Crippen LogP contribution in [0.15, 0.2) is 24.4 Å². The zero-order chi connectivity index (χ0) is 23.7. The first-order valence-electron chi connectivity index (χ1n) is 12.3. The van der Waals surface area contributed by atoms with Crippen molar-refractivity contribution in [2.24, 2.45) is 0 Å². The van der Waals surface area contributed by atoms with E-state index in [9.17, 15) is 9.59 Å². The van der Waals surface area contributed by atoms with Crippen LogP contribution in [-0.4, -0.2) is 56.3 Å². The van der Waals surface area contributed by atoms with Crippen molar-refractivity contribution >= 4 is 41.3 Å². The van der Waals surface area contributed by atoms with Crippen LogP contribution in [0.2, 0.25) is 0 Å². The second-order valence-corrected chi connectivity index (χ2v) is 9.53. The minimum Gasteiger partial charge on any atom is -0.367 e. The molecule has 4 heterocycles. The third kappa shape index (κ3) is 4.51. The van der Waals surface area contributed by atoms with E-state index in [0.717, 1.165) is 42.9 Å². The van der Waals surface area contributed by atoms with Gasteiger partial charge in [-0.15, -0.1) is 0 Å². The molecule has 2 unspecified atom stereocenters. The van der Waals surface area contributed by atoms with Gasteiger partial charge in [0.1, 0.15) is 17.5 Å². The quantitative estimate of drug-likeness (QED) is 0.597. The first kappa shape index (κ1) is 22.4. The maximum Gasteiger partial charge on any atom is 0.230 e. The van der Waals surface area contributed by atoms with Crippen molar-refractivity contribution < 1.29 is 9.59 Å². The topological polar surface area (TPSA) is 106 Å². The fraction of sp³-hybridized carbons (Fsp3) is 0.520. The van der Waals surface area contributed by atoms with Gasteiger partial charge in [-0.25, -0.2) is 4.98 Å². The van der Waals surface area contributed by atoms with Crippen LogP contribution in [0.3, 0.4) is 0 Å².